The van der Waals surface area contributed by atoms with Crippen LogP contribution in [0.15, 0.2) is 42.5 Å². The van der Waals surface area contributed by atoms with E-state index >= 15 is 0 Å². The fourth-order valence-electron chi connectivity index (χ4n) is 6.53. The van der Waals surface area contributed by atoms with Gasteiger partial charge in [-0.25, -0.2) is 0 Å². The van der Waals surface area contributed by atoms with Crippen LogP contribution in [0.3, 0.4) is 0 Å². The summed E-state index contributed by atoms with van der Waals surface area (Å²) in [6.07, 6.45) is 8.23. The molecular weight excluding hydrogens is 344 g/mol. The van der Waals surface area contributed by atoms with Gasteiger partial charge in [0.1, 0.15) is 6.61 Å². The van der Waals surface area contributed by atoms with Crippen LogP contribution in [0.25, 0.3) is 0 Å². The van der Waals surface area contributed by atoms with Gasteiger partial charge in [-0.15, -0.1) is 0 Å². The number of hydrogen-bond donors (Lipinski definition) is 0. The minimum absolute atomic E-state index is 0.587. The van der Waals surface area contributed by atoms with Crippen molar-refractivity contribution in [1.82, 2.24) is 0 Å². The molecule has 0 spiro atoms. The van der Waals surface area contributed by atoms with Gasteiger partial charge in [-0.2, -0.15) is 0 Å². The van der Waals surface area contributed by atoms with Gasteiger partial charge in [0.2, 0.25) is 0 Å². The highest BCUT2D eigenvalue weighted by molar-refractivity contribution is 5.50. The van der Waals surface area contributed by atoms with Crippen molar-refractivity contribution in [2.45, 2.75) is 58.0 Å². The quantitative estimate of drug-likeness (QED) is 0.617. The highest BCUT2D eigenvalue weighted by atomic mass is 16.5. The molecule has 0 saturated heterocycles. The minimum Gasteiger partial charge on any atom is -0.493 e. The largest absolute Gasteiger partial charge is 0.493 e. The number of fused-ring (bicyclic) bond motifs is 5. The van der Waals surface area contributed by atoms with Crippen molar-refractivity contribution in [1.29, 1.82) is 0 Å². The van der Waals surface area contributed by atoms with Gasteiger partial charge in [-0.3, -0.25) is 0 Å². The van der Waals surface area contributed by atoms with Crippen LogP contribution in [0.4, 0.5) is 0 Å². The fourth-order valence-corrected chi connectivity index (χ4v) is 6.53. The smallest absolute Gasteiger partial charge is 0.161 e. The van der Waals surface area contributed by atoms with E-state index in [9.17, 15) is 0 Å². The van der Waals surface area contributed by atoms with Gasteiger partial charge in [-0.05, 0) is 90.5 Å². The predicted molar refractivity (Wildman–Crippen MR) is 113 cm³/mol. The molecule has 5 atom stereocenters. The van der Waals surface area contributed by atoms with E-state index in [1.54, 1.807) is 12.7 Å². The summed E-state index contributed by atoms with van der Waals surface area (Å²) >= 11 is 0. The minimum atomic E-state index is 0.587. The van der Waals surface area contributed by atoms with Crippen LogP contribution < -0.4 is 9.47 Å². The Morgan fingerprint density at radius 2 is 1.68 bits per heavy atom. The van der Waals surface area contributed by atoms with Crippen LogP contribution in [-0.4, -0.2) is 7.11 Å². The van der Waals surface area contributed by atoms with E-state index in [0.717, 1.165) is 41.1 Å². The van der Waals surface area contributed by atoms with Crippen molar-refractivity contribution in [3.05, 3.63) is 59.2 Å². The first kappa shape index (κ1) is 18.1. The molecule has 2 nitrogen and oxygen atoms in total. The van der Waals surface area contributed by atoms with Gasteiger partial charge >= 0.3 is 0 Å². The lowest BCUT2D eigenvalue weighted by atomic mass is 9.60. The average Bonchev–Trinajstić information content (AvgIpc) is 3.13. The molecule has 3 aliphatic rings. The van der Waals surface area contributed by atoms with Crippen molar-refractivity contribution in [2.75, 3.05) is 7.11 Å². The number of methoxy groups -OCH3 is 1. The average molecular weight is 377 g/mol. The molecular formula is C26H32O2. The predicted octanol–water partition coefficient (Wildman–Crippen LogP) is 6.38. The Kier molecular flexibility index (Phi) is 4.82. The van der Waals surface area contributed by atoms with E-state index in [4.69, 9.17) is 9.47 Å². The second-order valence-electron chi connectivity index (χ2n) is 9.24. The second kappa shape index (κ2) is 7.46. The molecule has 5 rings (SSSR count). The third-order valence-electron chi connectivity index (χ3n) is 7.92. The highest BCUT2D eigenvalue weighted by Crippen LogP contribution is 2.57. The monoisotopic (exact) mass is 376 g/mol. The molecule has 3 aliphatic carbocycles. The normalized spacial score (nSPS) is 30.9. The maximum absolute atomic E-state index is 6.17. The van der Waals surface area contributed by atoms with Crippen molar-refractivity contribution < 1.29 is 9.47 Å². The van der Waals surface area contributed by atoms with Gasteiger partial charge in [0.25, 0.3) is 0 Å². The van der Waals surface area contributed by atoms with Crippen molar-refractivity contribution in [3.8, 4) is 11.5 Å². The molecule has 0 bridgehead atoms. The molecule has 2 aromatic carbocycles. The van der Waals surface area contributed by atoms with E-state index in [1.165, 1.54) is 49.7 Å². The zero-order valence-electron chi connectivity index (χ0n) is 17.2. The number of aryl methyl sites for hydroxylation is 1. The number of ether oxygens (including phenoxy) is 2. The molecule has 2 aromatic rings. The number of benzene rings is 2. The maximum atomic E-state index is 6.17. The second-order valence-corrected chi connectivity index (χ2v) is 9.24. The Balaban J connectivity index is 1.40. The molecule has 0 N–H and O–H groups in total. The Morgan fingerprint density at radius 3 is 2.50 bits per heavy atom. The Hall–Kier alpha value is -1.96. The van der Waals surface area contributed by atoms with E-state index in [2.05, 4.69) is 43.3 Å². The lowest BCUT2D eigenvalue weighted by molar-refractivity contribution is 0.119. The molecule has 2 fully saturated rings. The summed E-state index contributed by atoms with van der Waals surface area (Å²) in [6.45, 7) is 3.07. The lowest BCUT2D eigenvalue weighted by Crippen LogP contribution is -2.35. The number of hydrogen-bond acceptors (Lipinski definition) is 2. The van der Waals surface area contributed by atoms with Gasteiger partial charge < -0.3 is 9.47 Å². The van der Waals surface area contributed by atoms with E-state index in [-0.39, 0.29) is 0 Å². The lowest BCUT2D eigenvalue weighted by Gasteiger charge is -2.45. The molecule has 5 unspecified atom stereocenters. The molecule has 148 valence electrons. The van der Waals surface area contributed by atoms with E-state index in [1.807, 2.05) is 6.07 Å². The highest BCUT2D eigenvalue weighted by Gasteiger charge is 2.46. The third kappa shape index (κ3) is 3.11. The van der Waals surface area contributed by atoms with Gasteiger partial charge in [0, 0.05) is 0 Å². The summed E-state index contributed by atoms with van der Waals surface area (Å²) in [5, 5.41) is 0. The van der Waals surface area contributed by atoms with Gasteiger partial charge in [-0.1, -0.05) is 43.7 Å². The summed E-state index contributed by atoms with van der Waals surface area (Å²) < 4.78 is 11.9. The fraction of sp³-hybridized carbons (Fsp3) is 0.538. The van der Waals surface area contributed by atoms with Crippen LogP contribution in [-0.2, 0) is 13.0 Å². The molecule has 0 radical (unpaired) electrons. The van der Waals surface area contributed by atoms with Gasteiger partial charge in [0.05, 0.1) is 7.11 Å². The standard InChI is InChI=1S/C26H32O2/c1-17-8-10-21-20(17)12-13-23-22(21)11-9-19-14-26(25(27-2)15-24(19)23)28-16-18-6-4-3-5-7-18/h3-7,14-15,17,20-23H,8-13,16H2,1-2H3. The summed E-state index contributed by atoms with van der Waals surface area (Å²) in [5.74, 6) is 6.30. The SMILES string of the molecule is COc1cc2c(cc1OCc1ccccc1)CCC1C2CCC2C(C)CCC21. The van der Waals surface area contributed by atoms with Crippen molar-refractivity contribution in [3.63, 3.8) is 0 Å². The maximum Gasteiger partial charge on any atom is 0.161 e. The molecule has 2 heteroatoms. The molecule has 2 saturated carbocycles. The first-order valence-electron chi connectivity index (χ1n) is 11.1. The zero-order valence-corrected chi connectivity index (χ0v) is 17.2. The molecule has 0 amide bonds. The van der Waals surface area contributed by atoms with Crippen LogP contribution in [0.5, 0.6) is 11.5 Å². The number of rotatable bonds is 4. The Labute approximate surface area is 169 Å². The van der Waals surface area contributed by atoms with Crippen molar-refractivity contribution >= 4 is 0 Å². The Morgan fingerprint density at radius 1 is 0.857 bits per heavy atom. The van der Waals surface area contributed by atoms with Crippen LogP contribution in [0.2, 0.25) is 0 Å². The van der Waals surface area contributed by atoms with Gasteiger partial charge in [0.15, 0.2) is 11.5 Å². The molecule has 0 aliphatic heterocycles. The summed E-state index contributed by atoms with van der Waals surface area (Å²) in [4.78, 5) is 0. The molecule has 28 heavy (non-hydrogen) atoms. The topological polar surface area (TPSA) is 18.5 Å². The summed E-state index contributed by atoms with van der Waals surface area (Å²) in [5.41, 5.74) is 4.24. The van der Waals surface area contributed by atoms with Crippen LogP contribution in [0.1, 0.15) is 61.6 Å². The summed E-state index contributed by atoms with van der Waals surface area (Å²) in [7, 11) is 1.77. The van der Waals surface area contributed by atoms with E-state index < -0.39 is 0 Å². The zero-order chi connectivity index (χ0) is 19.1. The van der Waals surface area contributed by atoms with Crippen LogP contribution in [0, 0.1) is 23.7 Å². The first-order valence-corrected chi connectivity index (χ1v) is 11.1. The van der Waals surface area contributed by atoms with Crippen LogP contribution >= 0.6 is 0 Å². The summed E-state index contributed by atoms with van der Waals surface area (Å²) in [6, 6.07) is 15.0. The molecule has 0 heterocycles. The molecule has 0 aromatic heterocycles. The van der Waals surface area contributed by atoms with E-state index in [0.29, 0.717) is 6.61 Å². The third-order valence-corrected chi connectivity index (χ3v) is 7.92. The Bertz CT molecular complexity index is 828. The van der Waals surface area contributed by atoms with Crippen molar-refractivity contribution in [2.24, 2.45) is 23.7 Å². The first-order chi connectivity index (χ1) is 13.7.